The third-order valence-corrected chi connectivity index (χ3v) is 4.97. The molecule has 1 aromatic rings. The standard InChI is InChI=1S/C12H19N3S/c1-8-14-12(16-15-8)13-5-4-11-7-9-2-3-10(11)6-9/h9-11H,2-7H2,1H3,(H,13,14,15). The van der Waals surface area contributed by atoms with E-state index in [0.29, 0.717) is 0 Å². The summed E-state index contributed by atoms with van der Waals surface area (Å²) in [4.78, 5) is 4.32. The third-order valence-electron chi connectivity index (χ3n) is 4.20. The number of aromatic nitrogens is 2. The van der Waals surface area contributed by atoms with Crippen LogP contribution in [0.4, 0.5) is 5.13 Å². The van der Waals surface area contributed by atoms with Crippen LogP contribution in [0.15, 0.2) is 0 Å². The minimum absolute atomic E-state index is 0.882. The van der Waals surface area contributed by atoms with Crippen LogP contribution in [-0.2, 0) is 0 Å². The van der Waals surface area contributed by atoms with Crippen molar-refractivity contribution in [2.45, 2.75) is 39.0 Å². The topological polar surface area (TPSA) is 37.8 Å². The number of hydrogen-bond donors (Lipinski definition) is 1. The highest BCUT2D eigenvalue weighted by Crippen LogP contribution is 2.49. The molecule has 3 unspecified atom stereocenters. The maximum Gasteiger partial charge on any atom is 0.202 e. The first-order valence-electron chi connectivity index (χ1n) is 6.35. The Balaban J connectivity index is 1.44. The zero-order chi connectivity index (χ0) is 11.0. The van der Waals surface area contributed by atoms with Crippen molar-refractivity contribution in [2.24, 2.45) is 17.8 Å². The summed E-state index contributed by atoms with van der Waals surface area (Å²) in [6, 6.07) is 0. The molecule has 0 amide bonds. The molecule has 1 N–H and O–H groups in total. The molecule has 3 rings (SSSR count). The van der Waals surface area contributed by atoms with Gasteiger partial charge in [-0.05, 0) is 50.4 Å². The smallest absolute Gasteiger partial charge is 0.202 e. The second-order valence-electron chi connectivity index (χ2n) is 5.30. The summed E-state index contributed by atoms with van der Waals surface area (Å²) < 4.78 is 4.17. The molecule has 2 bridgehead atoms. The lowest BCUT2D eigenvalue weighted by atomic mass is 9.86. The minimum atomic E-state index is 0.882. The molecule has 3 nitrogen and oxygen atoms in total. The highest BCUT2D eigenvalue weighted by molar-refractivity contribution is 7.09. The Hall–Kier alpha value is -0.640. The lowest BCUT2D eigenvalue weighted by Crippen LogP contribution is -2.14. The van der Waals surface area contributed by atoms with Gasteiger partial charge in [-0.2, -0.15) is 4.37 Å². The molecule has 3 atom stereocenters. The molecule has 0 aromatic carbocycles. The molecule has 2 fully saturated rings. The summed E-state index contributed by atoms with van der Waals surface area (Å²) in [5, 5.41) is 4.38. The Labute approximate surface area is 101 Å². The molecule has 0 spiro atoms. The van der Waals surface area contributed by atoms with Crippen molar-refractivity contribution in [3.05, 3.63) is 5.82 Å². The normalized spacial score (nSPS) is 32.2. The molecule has 1 heterocycles. The number of aryl methyl sites for hydroxylation is 1. The fourth-order valence-electron chi connectivity index (χ4n) is 3.46. The Bertz CT molecular complexity index is 363. The van der Waals surface area contributed by atoms with Crippen LogP contribution in [0.2, 0.25) is 0 Å². The van der Waals surface area contributed by atoms with E-state index >= 15 is 0 Å². The van der Waals surface area contributed by atoms with Crippen molar-refractivity contribution in [2.75, 3.05) is 11.9 Å². The molecule has 88 valence electrons. The number of anilines is 1. The van der Waals surface area contributed by atoms with Gasteiger partial charge in [0.15, 0.2) is 0 Å². The van der Waals surface area contributed by atoms with Gasteiger partial charge in [0.1, 0.15) is 5.82 Å². The van der Waals surface area contributed by atoms with E-state index in [4.69, 9.17) is 0 Å². The lowest BCUT2D eigenvalue weighted by molar-refractivity contribution is 0.321. The van der Waals surface area contributed by atoms with Crippen LogP contribution in [-0.4, -0.2) is 15.9 Å². The first-order chi connectivity index (χ1) is 7.81. The fraction of sp³-hybridized carbons (Fsp3) is 0.833. The fourth-order valence-corrected chi connectivity index (χ4v) is 4.06. The predicted octanol–water partition coefficient (Wildman–Crippen LogP) is 3.08. The van der Waals surface area contributed by atoms with Crippen molar-refractivity contribution in [3.8, 4) is 0 Å². The van der Waals surface area contributed by atoms with E-state index in [0.717, 1.165) is 35.3 Å². The molecule has 4 heteroatoms. The van der Waals surface area contributed by atoms with Crippen LogP contribution in [0, 0.1) is 24.7 Å². The Morgan fingerprint density at radius 3 is 2.94 bits per heavy atom. The molecule has 2 aliphatic carbocycles. The van der Waals surface area contributed by atoms with Crippen LogP contribution >= 0.6 is 11.5 Å². The van der Waals surface area contributed by atoms with Gasteiger partial charge in [0.2, 0.25) is 5.13 Å². The van der Waals surface area contributed by atoms with Crippen molar-refractivity contribution in [3.63, 3.8) is 0 Å². The van der Waals surface area contributed by atoms with Crippen LogP contribution in [0.1, 0.15) is 37.9 Å². The van der Waals surface area contributed by atoms with E-state index in [1.165, 1.54) is 43.6 Å². The Kier molecular flexibility index (Phi) is 2.84. The quantitative estimate of drug-likeness (QED) is 0.874. The summed E-state index contributed by atoms with van der Waals surface area (Å²) in [6.07, 6.45) is 7.32. The number of fused-ring (bicyclic) bond motifs is 2. The molecule has 16 heavy (non-hydrogen) atoms. The van der Waals surface area contributed by atoms with Gasteiger partial charge in [0.05, 0.1) is 0 Å². The van der Waals surface area contributed by atoms with Gasteiger partial charge in [-0.3, -0.25) is 0 Å². The zero-order valence-corrected chi connectivity index (χ0v) is 10.6. The lowest BCUT2D eigenvalue weighted by Gasteiger charge is -2.21. The van der Waals surface area contributed by atoms with Crippen molar-refractivity contribution < 1.29 is 0 Å². The van der Waals surface area contributed by atoms with E-state index in [9.17, 15) is 0 Å². The van der Waals surface area contributed by atoms with E-state index in [2.05, 4.69) is 14.7 Å². The molecule has 0 saturated heterocycles. The van der Waals surface area contributed by atoms with Gasteiger partial charge in [0, 0.05) is 18.1 Å². The van der Waals surface area contributed by atoms with Gasteiger partial charge < -0.3 is 5.32 Å². The number of nitrogens with zero attached hydrogens (tertiary/aromatic N) is 2. The third kappa shape index (κ3) is 2.08. The van der Waals surface area contributed by atoms with E-state index in [1.54, 1.807) is 0 Å². The Morgan fingerprint density at radius 2 is 2.31 bits per heavy atom. The van der Waals surface area contributed by atoms with Gasteiger partial charge in [-0.25, -0.2) is 4.98 Å². The largest absolute Gasteiger partial charge is 0.360 e. The Morgan fingerprint density at radius 1 is 1.38 bits per heavy atom. The van der Waals surface area contributed by atoms with Crippen LogP contribution in [0.5, 0.6) is 0 Å². The molecular weight excluding hydrogens is 218 g/mol. The maximum atomic E-state index is 4.32. The highest BCUT2D eigenvalue weighted by Gasteiger charge is 2.38. The zero-order valence-electron chi connectivity index (χ0n) is 9.78. The summed E-state index contributed by atoms with van der Waals surface area (Å²) in [6.45, 7) is 3.01. The molecule has 0 radical (unpaired) electrons. The van der Waals surface area contributed by atoms with Crippen molar-refractivity contribution >= 4 is 16.7 Å². The monoisotopic (exact) mass is 237 g/mol. The van der Waals surface area contributed by atoms with E-state index in [1.807, 2.05) is 6.92 Å². The van der Waals surface area contributed by atoms with Crippen LogP contribution in [0.25, 0.3) is 0 Å². The van der Waals surface area contributed by atoms with E-state index in [-0.39, 0.29) is 0 Å². The minimum Gasteiger partial charge on any atom is -0.360 e. The summed E-state index contributed by atoms with van der Waals surface area (Å²) in [5.41, 5.74) is 0. The summed E-state index contributed by atoms with van der Waals surface area (Å²) >= 11 is 1.48. The maximum absolute atomic E-state index is 4.32. The molecular formula is C12H19N3S. The van der Waals surface area contributed by atoms with Crippen LogP contribution < -0.4 is 5.32 Å². The number of hydrogen-bond acceptors (Lipinski definition) is 4. The first kappa shape index (κ1) is 10.5. The van der Waals surface area contributed by atoms with Gasteiger partial charge in [-0.1, -0.05) is 6.42 Å². The predicted molar refractivity (Wildman–Crippen MR) is 66.7 cm³/mol. The average molecular weight is 237 g/mol. The van der Waals surface area contributed by atoms with Crippen molar-refractivity contribution in [1.29, 1.82) is 0 Å². The van der Waals surface area contributed by atoms with Gasteiger partial charge >= 0.3 is 0 Å². The molecule has 0 aliphatic heterocycles. The number of nitrogens with one attached hydrogen (secondary N) is 1. The molecule has 2 saturated carbocycles. The second-order valence-corrected chi connectivity index (χ2v) is 6.05. The van der Waals surface area contributed by atoms with E-state index < -0.39 is 0 Å². The van der Waals surface area contributed by atoms with Gasteiger partial charge in [0.25, 0.3) is 0 Å². The summed E-state index contributed by atoms with van der Waals surface area (Å²) in [5.74, 6) is 3.98. The first-order valence-corrected chi connectivity index (χ1v) is 7.13. The summed E-state index contributed by atoms with van der Waals surface area (Å²) in [7, 11) is 0. The number of rotatable bonds is 4. The SMILES string of the molecule is Cc1nsc(NCCC2CC3CCC2C3)n1. The van der Waals surface area contributed by atoms with Gasteiger partial charge in [-0.15, -0.1) is 0 Å². The van der Waals surface area contributed by atoms with Crippen molar-refractivity contribution in [1.82, 2.24) is 9.36 Å². The molecule has 1 aromatic heterocycles. The highest BCUT2D eigenvalue weighted by atomic mass is 32.1. The van der Waals surface area contributed by atoms with Crippen LogP contribution in [0.3, 0.4) is 0 Å². The molecule has 2 aliphatic rings. The second kappa shape index (κ2) is 4.32. The average Bonchev–Trinajstić information content (AvgIpc) is 2.94.